The lowest BCUT2D eigenvalue weighted by Crippen LogP contribution is -2.27. The molecule has 4 nitrogen and oxygen atoms in total. The first kappa shape index (κ1) is 14.0. The number of halogens is 1. The average molecular weight is 298 g/mol. The van der Waals surface area contributed by atoms with Crippen molar-refractivity contribution in [3.8, 4) is 0 Å². The van der Waals surface area contributed by atoms with Crippen molar-refractivity contribution in [3.05, 3.63) is 16.1 Å². The Hall–Kier alpha value is -0.110. The average Bonchev–Trinajstić information content (AvgIpc) is 2.69. The minimum absolute atomic E-state index is 0.169. The quantitative estimate of drug-likeness (QED) is 0.626. The van der Waals surface area contributed by atoms with Gasteiger partial charge in [-0.2, -0.15) is 16.1 Å². The maximum atomic E-state index is 10.8. The SMILES string of the molecule is CNC(=O)NSCCSCc1nscc1Cl. The maximum Gasteiger partial charge on any atom is 0.324 e. The zero-order valence-corrected chi connectivity index (χ0v) is 11.9. The summed E-state index contributed by atoms with van der Waals surface area (Å²) in [7, 11) is 1.59. The van der Waals surface area contributed by atoms with Crippen LogP contribution >= 0.6 is 46.8 Å². The molecule has 0 radical (unpaired) electrons. The highest BCUT2D eigenvalue weighted by atomic mass is 35.5. The largest absolute Gasteiger partial charge is 0.341 e. The lowest BCUT2D eigenvalue weighted by Gasteiger charge is -2.02. The summed E-state index contributed by atoms with van der Waals surface area (Å²) in [5.74, 6) is 2.63. The normalized spacial score (nSPS) is 10.1. The molecule has 0 fully saturated rings. The van der Waals surface area contributed by atoms with E-state index in [0.717, 1.165) is 28.0 Å². The molecule has 0 unspecified atom stereocenters. The van der Waals surface area contributed by atoms with E-state index in [1.54, 1.807) is 18.8 Å². The number of amides is 2. The lowest BCUT2D eigenvalue weighted by atomic mass is 10.5. The lowest BCUT2D eigenvalue weighted by molar-refractivity contribution is 0.248. The Morgan fingerprint density at radius 1 is 1.62 bits per heavy atom. The van der Waals surface area contributed by atoms with Crippen LogP contribution < -0.4 is 10.0 Å². The Kier molecular flexibility index (Phi) is 7.02. The monoisotopic (exact) mass is 297 g/mol. The molecule has 90 valence electrons. The first-order chi connectivity index (χ1) is 7.74. The summed E-state index contributed by atoms with van der Waals surface area (Å²) in [5, 5.41) is 5.06. The molecule has 1 rings (SSSR count). The second-order valence-electron chi connectivity index (χ2n) is 2.69. The number of nitrogens with zero attached hydrogens (tertiary/aromatic N) is 1. The smallest absolute Gasteiger partial charge is 0.324 e. The Balaban J connectivity index is 2.00. The Morgan fingerprint density at radius 3 is 3.06 bits per heavy atom. The third-order valence-electron chi connectivity index (χ3n) is 1.56. The fourth-order valence-corrected chi connectivity index (χ4v) is 3.49. The van der Waals surface area contributed by atoms with Crippen molar-refractivity contribution >= 4 is 52.9 Å². The summed E-state index contributed by atoms with van der Waals surface area (Å²) in [6.07, 6.45) is 0. The third-order valence-corrected chi connectivity index (χ3v) is 4.65. The molecule has 8 heteroatoms. The van der Waals surface area contributed by atoms with Crippen LogP contribution in [0, 0.1) is 0 Å². The molecule has 0 saturated heterocycles. The van der Waals surface area contributed by atoms with Crippen LogP contribution in [0.25, 0.3) is 0 Å². The summed E-state index contributed by atoms with van der Waals surface area (Å²) in [5.41, 5.74) is 0.945. The van der Waals surface area contributed by atoms with Crippen molar-refractivity contribution in [2.24, 2.45) is 0 Å². The van der Waals surface area contributed by atoms with Crippen molar-refractivity contribution in [2.45, 2.75) is 5.75 Å². The van der Waals surface area contributed by atoms with Crippen LogP contribution in [0.15, 0.2) is 5.38 Å². The number of thioether (sulfide) groups is 1. The molecule has 16 heavy (non-hydrogen) atoms. The van der Waals surface area contributed by atoms with Crippen LogP contribution in [0.1, 0.15) is 5.69 Å². The molecule has 0 aliphatic heterocycles. The van der Waals surface area contributed by atoms with Gasteiger partial charge in [-0.15, -0.1) is 0 Å². The van der Waals surface area contributed by atoms with E-state index in [1.807, 2.05) is 5.38 Å². The van der Waals surface area contributed by atoms with Gasteiger partial charge in [-0.1, -0.05) is 11.6 Å². The molecule has 0 saturated carbocycles. The van der Waals surface area contributed by atoms with Gasteiger partial charge < -0.3 is 5.32 Å². The first-order valence-corrected chi connectivity index (χ1v) is 7.85. The molecule has 1 aromatic heterocycles. The summed E-state index contributed by atoms with van der Waals surface area (Å²) < 4.78 is 6.83. The number of carbonyl (C=O) groups is 1. The molecule has 1 aromatic rings. The number of carbonyl (C=O) groups excluding carboxylic acids is 1. The number of aromatic nitrogens is 1. The fourth-order valence-electron chi connectivity index (χ4n) is 0.780. The van der Waals surface area contributed by atoms with Crippen LogP contribution in [0.2, 0.25) is 5.02 Å². The highest BCUT2D eigenvalue weighted by Crippen LogP contribution is 2.21. The van der Waals surface area contributed by atoms with E-state index in [9.17, 15) is 4.79 Å². The Bertz CT molecular complexity index is 334. The van der Waals surface area contributed by atoms with Crippen LogP contribution in [0.3, 0.4) is 0 Å². The van der Waals surface area contributed by atoms with Crippen molar-refractivity contribution in [2.75, 3.05) is 18.6 Å². The molecule has 0 bridgehead atoms. The second kappa shape index (κ2) is 8.05. The second-order valence-corrected chi connectivity index (χ2v) is 5.73. The number of hydrogen-bond donors (Lipinski definition) is 2. The summed E-state index contributed by atoms with van der Waals surface area (Å²) in [6, 6.07) is -0.169. The zero-order chi connectivity index (χ0) is 11.8. The predicted molar refractivity (Wildman–Crippen MR) is 73.3 cm³/mol. The Morgan fingerprint density at radius 2 is 2.44 bits per heavy atom. The van der Waals surface area contributed by atoms with Gasteiger partial charge in [-0.3, -0.25) is 4.72 Å². The maximum absolute atomic E-state index is 10.8. The highest BCUT2D eigenvalue weighted by molar-refractivity contribution is 8.01. The van der Waals surface area contributed by atoms with Crippen LogP contribution in [0.5, 0.6) is 0 Å². The van der Waals surface area contributed by atoms with Crippen molar-refractivity contribution in [1.29, 1.82) is 0 Å². The van der Waals surface area contributed by atoms with E-state index in [2.05, 4.69) is 14.4 Å². The van der Waals surface area contributed by atoms with Gasteiger partial charge in [0.05, 0.1) is 10.7 Å². The summed E-state index contributed by atoms with van der Waals surface area (Å²) in [6.45, 7) is 0. The fraction of sp³-hybridized carbons (Fsp3) is 0.500. The van der Waals surface area contributed by atoms with Gasteiger partial charge in [0, 0.05) is 29.7 Å². The van der Waals surface area contributed by atoms with Crippen molar-refractivity contribution in [1.82, 2.24) is 14.4 Å². The van der Waals surface area contributed by atoms with E-state index < -0.39 is 0 Å². The number of hydrogen-bond acceptors (Lipinski definition) is 5. The number of nitrogens with one attached hydrogen (secondary N) is 2. The van der Waals surface area contributed by atoms with Gasteiger partial charge >= 0.3 is 6.03 Å². The van der Waals surface area contributed by atoms with E-state index in [1.165, 1.54) is 23.5 Å². The number of rotatable bonds is 6. The number of urea groups is 1. The van der Waals surface area contributed by atoms with Crippen molar-refractivity contribution < 1.29 is 4.79 Å². The van der Waals surface area contributed by atoms with Gasteiger partial charge in [0.25, 0.3) is 0 Å². The van der Waals surface area contributed by atoms with Crippen LogP contribution in [-0.2, 0) is 5.75 Å². The molecule has 0 aliphatic rings. The van der Waals surface area contributed by atoms with Gasteiger partial charge in [0.1, 0.15) is 0 Å². The topological polar surface area (TPSA) is 54.0 Å². The molecule has 1 heterocycles. The molecule has 2 amide bonds. The third kappa shape index (κ3) is 5.29. The van der Waals surface area contributed by atoms with Gasteiger partial charge in [0.2, 0.25) is 0 Å². The Labute approximate surface area is 112 Å². The molecule has 0 atom stereocenters. The molecule has 0 aliphatic carbocycles. The predicted octanol–water partition coefficient (Wildman–Crippen LogP) is 2.61. The molecular formula is C8H12ClN3OS3. The van der Waals surface area contributed by atoms with Gasteiger partial charge in [-0.25, -0.2) is 4.79 Å². The summed E-state index contributed by atoms with van der Waals surface area (Å²) >= 11 is 10.4. The van der Waals surface area contributed by atoms with E-state index in [4.69, 9.17) is 11.6 Å². The van der Waals surface area contributed by atoms with Gasteiger partial charge in [0.15, 0.2) is 0 Å². The standard InChI is InChI=1S/C8H12ClN3OS3/c1-10-8(13)12-15-3-2-14-5-7-6(9)4-16-11-7/h4H,2-3,5H2,1H3,(H2,10,12,13). The van der Waals surface area contributed by atoms with Crippen LogP contribution in [-0.4, -0.2) is 29.0 Å². The minimum atomic E-state index is -0.169. The highest BCUT2D eigenvalue weighted by Gasteiger charge is 2.03. The van der Waals surface area contributed by atoms with Gasteiger partial charge in [-0.05, 0) is 23.5 Å². The molecule has 0 spiro atoms. The summed E-state index contributed by atoms with van der Waals surface area (Å²) in [4.78, 5) is 10.8. The van der Waals surface area contributed by atoms with Crippen molar-refractivity contribution in [3.63, 3.8) is 0 Å². The van der Waals surface area contributed by atoms with Crippen LogP contribution in [0.4, 0.5) is 4.79 Å². The molecule has 2 N–H and O–H groups in total. The minimum Gasteiger partial charge on any atom is -0.341 e. The van der Waals surface area contributed by atoms with E-state index >= 15 is 0 Å². The zero-order valence-electron chi connectivity index (χ0n) is 8.66. The first-order valence-electron chi connectivity index (χ1n) is 4.50. The molecular weight excluding hydrogens is 286 g/mol. The van der Waals surface area contributed by atoms with E-state index in [-0.39, 0.29) is 6.03 Å². The molecule has 0 aromatic carbocycles. The van der Waals surface area contributed by atoms with E-state index in [0.29, 0.717) is 0 Å².